The van der Waals surface area contributed by atoms with E-state index in [2.05, 4.69) is 60.7 Å². The van der Waals surface area contributed by atoms with E-state index >= 15 is 0 Å². The van der Waals surface area contributed by atoms with Gasteiger partial charge in [-0.25, -0.2) is 0 Å². The average molecular weight is 316 g/mol. The molecular weight excluding hydrogens is 296 g/mol. The number of fused-ring (bicyclic) bond motifs is 3. The highest BCUT2D eigenvalue weighted by molar-refractivity contribution is 6.06. The molecular formula is C22H20O2. The minimum Gasteiger partial charge on any atom is -0.396 e. The predicted octanol–water partition coefficient (Wildman–Crippen LogP) is 4.22. The Labute approximate surface area is 141 Å². The van der Waals surface area contributed by atoms with E-state index in [0.29, 0.717) is 12.8 Å². The molecule has 0 heterocycles. The summed E-state index contributed by atoms with van der Waals surface area (Å²) < 4.78 is 0. The molecule has 4 aromatic carbocycles. The summed E-state index contributed by atoms with van der Waals surface area (Å²) in [6, 6.07) is 21.5. The van der Waals surface area contributed by atoms with E-state index in [4.69, 9.17) is 0 Å². The second kappa shape index (κ2) is 6.23. The van der Waals surface area contributed by atoms with E-state index in [1.165, 1.54) is 32.3 Å². The molecule has 24 heavy (non-hydrogen) atoms. The van der Waals surface area contributed by atoms with Crippen molar-refractivity contribution in [3.05, 3.63) is 71.8 Å². The molecule has 0 fully saturated rings. The third-order valence-corrected chi connectivity index (χ3v) is 4.78. The van der Waals surface area contributed by atoms with Crippen molar-refractivity contribution in [2.75, 3.05) is 13.2 Å². The van der Waals surface area contributed by atoms with E-state index in [-0.39, 0.29) is 13.2 Å². The minimum absolute atomic E-state index is 0.143. The molecule has 0 aliphatic heterocycles. The largest absolute Gasteiger partial charge is 0.396 e. The van der Waals surface area contributed by atoms with Gasteiger partial charge in [0.05, 0.1) is 0 Å². The summed E-state index contributed by atoms with van der Waals surface area (Å²) in [4.78, 5) is 0. The van der Waals surface area contributed by atoms with Crippen molar-refractivity contribution >= 4 is 32.3 Å². The second-order valence-electron chi connectivity index (χ2n) is 6.28. The highest BCUT2D eigenvalue weighted by Gasteiger charge is 2.08. The van der Waals surface area contributed by atoms with Crippen LogP contribution in [0.5, 0.6) is 0 Å². The summed E-state index contributed by atoms with van der Waals surface area (Å²) >= 11 is 0. The van der Waals surface area contributed by atoms with E-state index in [1.54, 1.807) is 0 Å². The maximum Gasteiger partial charge on any atom is 0.0471 e. The third kappa shape index (κ3) is 2.54. The fourth-order valence-corrected chi connectivity index (χ4v) is 3.58. The average Bonchev–Trinajstić information content (AvgIpc) is 2.61. The summed E-state index contributed by atoms with van der Waals surface area (Å²) in [7, 11) is 0. The highest BCUT2D eigenvalue weighted by atomic mass is 16.3. The fraction of sp³-hybridized carbons (Fsp3) is 0.182. The first kappa shape index (κ1) is 15.1. The minimum atomic E-state index is 0.143. The first-order valence-corrected chi connectivity index (χ1v) is 8.39. The van der Waals surface area contributed by atoms with Gasteiger partial charge in [0.2, 0.25) is 0 Å². The molecule has 120 valence electrons. The fourth-order valence-electron chi connectivity index (χ4n) is 3.58. The molecule has 0 aliphatic carbocycles. The van der Waals surface area contributed by atoms with E-state index in [1.807, 2.05) is 0 Å². The standard InChI is InChI=1S/C22H20O2/c23-9-7-15-5-6-16(8-10-24)22-14-20-12-18-4-2-1-3-17(18)11-19(20)13-21(15)22/h1-6,11-14,23-24H,7-10H2. The van der Waals surface area contributed by atoms with Gasteiger partial charge in [-0.3, -0.25) is 0 Å². The maximum absolute atomic E-state index is 9.37. The molecule has 4 aromatic rings. The molecule has 0 radical (unpaired) electrons. The van der Waals surface area contributed by atoms with Crippen LogP contribution in [0, 0.1) is 0 Å². The van der Waals surface area contributed by atoms with Gasteiger partial charge in [-0.15, -0.1) is 0 Å². The van der Waals surface area contributed by atoms with Gasteiger partial charge in [0, 0.05) is 13.2 Å². The third-order valence-electron chi connectivity index (χ3n) is 4.78. The van der Waals surface area contributed by atoms with Gasteiger partial charge in [-0.1, -0.05) is 36.4 Å². The normalized spacial score (nSPS) is 11.6. The van der Waals surface area contributed by atoms with E-state index in [0.717, 1.165) is 11.1 Å². The molecule has 0 amide bonds. The van der Waals surface area contributed by atoms with Crippen LogP contribution >= 0.6 is 0 Å². The number of aliphatic hydroxyl groups excluding tert-OH is 2. The highest BCUT2D eigenvalue weighted by Crippen LogP contribution is 2.31. The molecule has 0 aromatic heterocycles. The zero-order valence-electron chi connectivity index (χ0n) is 13.5. The summed E-state index contributed by atoms with van der Waals surface area (Å²) in [5, 5.41) is 26.0. The Hall–Kier alpha value is -2.42. The van der Waals surface area contributed by atoms with Gasteiger partial charge >= 0.3 is 0 Å². The first-order valence-electron chi connectivity index (χ1n) is 8.39. The van der Waals surface area contributed by atoms with Crippen molar-refractivity contribution in [3.63, 3.8) is 0 Å². The number of hydrogen-bond acceptors (Lipinski definition) is 2. The topological polar surface area (TPSA) is 40.5 Å². The van der Waals surface area contributed by atoms with Crippen LogP contribution in [-0.4, -0.2) is 23.4 Å². The number of aliphatic hydroxyl groups is 2. The van der Waals surface area contributed by atoms with Crippen molar-refractivity contribution in [2.45, 2.75) is 12.8 Å². The molecule has 0 saturated carbocycles. The predicted molar refractivity (Wildman–Crippen MR) is 101 cm³/mol. The van der Waals surface area contributed by atoms with Gasteiger partial charge in [0.15, 0.2) is 0 Å². The molecule has 2 N–H and O–H groups in total. The molecule has 2 nitrogen and oxygen atoms in total. The molecule has 4 rings (SSSR count). The van der Waals surface area contributed by atoms with Crippen molar-refractivity contribution in [1.82, 2.24) is 0 Å². The Balaban J connectivity index is 2.07. The van der Waals surface area contributed by atoms with Crippen LogP contribution in [0.4, 0.5) is 0 Å². The summed E-state index contributed by atoms with van der Waals surface area (Å²) in [6.45, 7) is 0.286. The Kier molecular flexibility index (Phi) is 3.93. The van der Waals surface area contributed by atoms with Crippen LogP contribution in [0.2, 0.25) is 0 Å². The van der Waals surface area contributed by atoms with E-state index in [9.17, 15) is 10.2 Å². The molecule has 0 saturated heterocycles. The van der Waals surface area contributed by atoms with Crippen molar-refractivity contribution in [1.29, 1.82) is 0 Å². The smallest absolute Gasteiger partial charge is 0.0471 e. The lowest BCUT2D eigenvalue weighted by atomic mass is 9.92. The van der Waals surface area contributed by atoms with Gasteiger partial charge < -0.3 is 10.2 Å². The van der Waals surface area contributed by atoms with Crippen molar-refractivity contribution < 1.29 is 10.2 Å². The van der Waals surface area contributed by atoms with Crippen LogP contribution in [-0.2, 0) is 12.8 Å². The van der Waals surface area contributed by atoms with Crippen LogP contribution in [0.25, 0.3) is 32.3 Å². The first-order chi connectivity index (χ1) is 11.8. The zero-order chi connectivity index (χ0) is 16.5. The molecule has 0 aliphatic rings. The summed E-state index contributed by atoms with van der Waals surface area (Å²) in [5.74, 6) is 0. The Morgan fingerprint density at radius 3 is 1.42 bits per heavy atom. The maximum atomic E-state index is 9.37. The van der Waals surface area contributed by atoms with Crippen molar-refractivity contribution in [2.24, 2.45) is 0 Å². The SMILES string of the molecule is OCCc1ccc(CCO)c2cc3cc4ccccc4cc3cc12. The quantitative estimate of drug-likeness (QED) is 0.554. The number of hydrogen-bond donors (Lipinski definition) is 2. The molecule has 0 atom stereocenters. The number of rotatable bonds is 4. The van der Waals surface area contributed by atoms with Crippen LogP contribution in [0.1, 0.15) is 11.1 Å². The van der Waals surface area contributed by atoms with Crippen LogP contribution in [0.15, 0.2) is 60.7 Å². The Bertz CT molecular complexity index is 951. The van der Waals surface area contributed by atoms with Gasteiger partial charge in [-0.2, -0.15) is 0 Å². The zero-order valence-corrected chi connectivity index (χ0v) is 13.5. The lowest BCUT2D eigenvalue weighted by Gasteiger charge is -2.12. The summed E-state index contributed by atoms with van der Waals surface area (Å²) in [5.41, 5.74) is 2.31. The van der Waals surface area contributed by atoms with Gasteiger partial charge in [0.1, 0.15) is 0 Å². The van der Waals surface area contributed by atoms with E-state index < -0.39 is 0 Å². The summed E-state index contributed by atoms with van der Waals surface area (Å²) in [6.07, 6.45) is 1.30. The molecule has 0 spiro atoms. The second-order valence-corrected chi connectivity index (χ2v) is 6.28. The van der Waals surface area contributed by atoms with Crippen LogP contribution < -0.4 is 0 Å². The van der Waals surface area contributed by atoms with Crippen LogP contribution in [0.3, 0.4) is 0 Å². The molecule has 0 bridgehead atoms. The molecule has 0 unspecified atom stereocenters. The molecule has 2 heteroatoms. The Morgan fingerprint density at radius 1 is 0.542 bits per heavy atom. The van der Waals surface area contributed by atoms with Gasteiger partial charge in [-0.05, 0) is 80.6 Å². The lowest BCUT2D eigenvalue weighted by molar-refractivity contribution is 0.299. The Morgan fingerprint density at radius 2 is 1.00 bits per heavy atom. The lowest BCUT2D eigenvalue weighted by Crippen LogP contribution is -1.97. The monoisotopic (exact) mass is 316 g/mol. The van der Waals surface area contributed by atoms with Crippen molar-refractivity contribution in [3.8, 4) is 0 Å². The number of benzene rings is 4. The van der Waals surface area contributed by atoms with Gasteiger partial charge in [0.25, 0.3) is 0 Å².